The molecule has 3 nitrogen and oxygen atoms in total. The average molecular weight is 254 g/mol. The summed E-state index contributed by atoms with van der Waals surface area (Å²) in [5, 5.41) is 13.3. The molecule has 0 bridgehead atoms. The van der Waals surface area contributed by atoms with Gasteiger partial charge in [0, 0.05) is 19.1 Å². The molecule has 1 atom stereocenters. The molecule has 1 unspecified atom stereocenters. The molecule has 106 valence electrons. The summed E-state index contributed by atoms with van der Waals surface area (Å²) in [7, 11) is 2.23. The number of hydrogen-bond donors (Lipinski definition) is 2. The van der Waals surface area contributed by atoms with Gasteiger partial charge in [-0.25, -0.2) is 0 Å². The first-order valence-electron chi connectivity index (χ1n) is 7.57. The van der Waals surface area contributed by atoms with Crippen LogP contribution in [-0.4, -0.2) is 48.8 Å². The van der Waals surface area contributed by atoms with Crippen molar-refractivity contribution in [3.05, 3.63) is 0 Å². The number of nitrogens with one attached hydrogen (secondary N) is 1. The fourth-order valence-corrected chi connectivity index (χ4v) is 3.40. The molecule has 2 fully saturated rings. The van der Waals surface area contributed by atoms with Crippen molar-refractivity contribution in [3.63, 3.8) is 0 Å². The number of likely N-dealkylation sites (tertiary alicyclic amines) is 1. The standard InChI is InChI=1S/C15H30N2O/c1-15(2,12-8-9-17(3)10-12)11-16-13-4-6-14(18)7-5-13/h12-14,16,18H,4-11H2,1-3H3. The second kappa shape index (κ2) is 5.89. The van der Waals surface area contributed by atoms with Gasteiger partial charge in [-0.3, -0.25) is 0 Å². The maximum atomic E-state index is 9.52. The summed E-state index contributed by atoms with van der Waals surface area (Å²) in [5.41, 5.74) is 0.390. The lowest BCUT2D eigenvalue weighted by Gasteiger charge is -2.35. The summed E-state index contributed by atoms with van der Waals surface area (Å²) < 4.78 is 0. The van der Waals surface area contributed by atoms with Crippen molar-refractivity contribution in [2.24, 2.45) is 11.3 Å². The molecule has 2 aliphatic rings. The van der Waals surface area contributed by atoms with Crippen molar-refractivity contribution in [2.75, 3.05) is 26.7 Å². The molecule has 0 aromatic carbocycles. The zero-order valence-corrected chi connectivity index (χ0v) is 12.3. The van der Waals surface area contributed by atoms with Crippen molar-refractivity contribution in [1.82, 2.24) is 10.2 Å². The van der Waals surface area contributed by atoms with E-state index in [2.05, 4.69) is 31.1 Å². The van der Waals surface area contributed by atoms with E-state index in [4.69, 9.17) is 0 Å². The predicted molar refractivity (Wildman–Crippen MR) is 75.7 cm³/mol. The lowest BCUT2D eigenvalue weighted by atomic mass is 9.77. The highest BCUT2D eigenvalue weighted by atomic mass is 16.3. The number of aliphatic hydroxyl groups is 1. The molecule has 0 radical (unpaired) electrons. The van der Waals surface area contributed by atoms with Crippen LogP contribution in [0.3, 0.4) is 0 Å². The molecule has 0 aromatic rings. The minimum absolute atomic E-state index is 0.0421. The molecule has 2 N–H and O–H groups in total. The van der Waals surface area contributed by atoms with E-state index >= 15 is 0 Å². The van der Waals surface area contributed by atoms with E-state index in [0.29, 0.717) is 11.5 Å². The zero-order chi connectivity index (χ0) is 13.2. The first-order valence-corrected chi connectivity index (χ1v) is 7.57. The molecule has 2 rings (SSSR count). The molecule has 0 amide bonds. The van der Waals surface area contributed by atoms with E-state index in [-0.39, 0.29) is 6.10 Å². The lowest BCUT2D eigenvalue weighted by Crippen LogP contribution is -2.43. The number of hydrogen-bond acceptors (Lipinski definition) is 3. The summed E-state index contributed by atoms with van der Waals surface area (Å²) in [4.78, 5) is 2.45. The molecule has 18 heavy (non-hydrogen) atoms. The number of nitrogens with zero attached hydrogens (tertiary/aromatic N) is 1. The van der Waals surface area contributed by atoms with Gasteiger partial charge >= 0.3 is 0 Å². The highest BCUT2D eigenvalue weighted by molar-refractivity contribution is 4.88. The molecular formula is C15H30N2O. The topological polar surface area (TPSA) is 35.5 Å². The lowest BCUT2D eigenvalue weighted by molar-refractivity contribution is 0.110. The van der Waals surface area contributed by atoms with Gasteiger partial charge in [-0.2, -0.15) is 0 Å². The highest BCUT2D eigenvalue weighted by Crippen LogP contribution is 2.33. The zero-order valence-electron chi connectivity index (χ0n) is 12.3. The molecule has 1 saturated heterocycles. The van der Waals surface area contributed by atoms with Crippen molar-refractivity contribution in [2.45, 2.75) is 58.1 Å². The molecule has 0 aromatic heterocycles. The van der Waals surface area contributed by atoms with Crippen LogP contribution in [0.25, 0.3) is 0 Å². The maximum absolute atomic E-state index is 9.52. The fourth-order valence-electron chi connectivity index (χ4n) is 3.40. The highest BCUT2D eigenvalue weighted by Gasteiger charge is 2.34. The molecular weight excluding hydrogens is 224 g/mol. The summed E-state index contributed by atoms with van der Waals surface area (Å²) in [6.45, 7) is 8.43. The van der Waals surface area contributed by atoms with E-state index < -0.39 is 0 Å². The molecule has 3 heteroatoms. The third kappa shape index (κ3) is 3.69. The van der Waals surface area contributed by atoms with Crippen molar-refractivity contribution >= 4 is 0 Å². The van der Waals surface area contributed by atoms with E-state index in [1.807, 2.05) is 0 Å². The average Bonchev–Trinajstić information content (AvgIpc) is 2.76. The van der Waals surface area contributed by atoms with Gasteiger partial charge in [0.1, 0.15) is 0 Å². The van der Waals surface area contributed by atoms with Gasteiger partial charge < -0.3 is 15.3 Å². The molecule has 1 aliphatic heterocycles. The Kier molecular flexibility index (Phi) is 4.68. The predicted octanol–water partition coefficient (Wildman–Crippen LogP) is 1.86. The Hall–Kier alpha value is -0.120. The van der Waals surface area contributed by atoms with Crippen LogP contribution in [0, 0.1) is 11.3 Å². The van der Waals surface area contributed by atoms with Gasteiger partial charge in [-0.05, 0) is 57.0 Å². The molecule has 1 heterocycles. The molecule has 1 saturated carbocycles. The van der Waals surface area contributed by atoms with Gasteiger partial charge in [0.2, 0.25) is 0 Å². The number of rotatable bonds is 4. The van der Waals surface area contributed by atoms with Crippen LogP contribution in [-0.2, 0) is 0 Å². The van der Waals surface area contributed by atoms with E-state index in [1.165, 1.54) is 19.5 Å². The molecule has 0 spiro atoms. The Morgan fingerprint density at radius 3 is 2.39 bits per heavy atom. The smallest absolute Gasteiger partial charge is 0.0541 e. The van der Waals surface area contributed by atoms with Crippen LogP contribution < -0.4 is 5.32 Å². The maximum Gasteiger partial charge on any atom is 0.0541 e. The summed E-state index contributed by atoms with van der Waals surface area (Å²) in [5.74, 6) is 0.823. The normalized spacial score (nSPS) is 35.0. The summed E-state index contributed by atoms with van der Waals surface area (Å²) in [6, 6.07) is 0.631. The third-order valence-electron chi connectivity index (χ3n) is 5.04. The Labute approximate surface area is 112 Å². The SMILES string of the molecule is CN1CCC(C(C)(C)CNC2CCC(O)CC2)C1. The minimum Gasteiger partial charge on any atom is -0.393 e. The minimum atomic E-state index is -0.0421. The second-order valence-electron chi connectivity index (χ2n) is 7.12. The van der Waals surface area contributed by atoms with E-state index in [9.17, 15) is 5.11 Å². The number of aliphatic hydroxyl groups excluding tert-OH is 1. The van der Waals surface area contributed by atoms with Crippen LogP contribution in [0.1, 0.15) is 46.0 Å². The monoisotopic (exact) mass is 254 g/mol. The van der Waals surface area contributed by atoms with Gasteiger partial charge in [0.15, 0.2) is 0 Å². The van der Waals surface area contributed by atoms with Gasteiger partial charge in [-0.15, -0.1) is 0 Å². The Balaban J connectivity index is 1.74. The van der Waals surface area contributed by atoms with Crippen LogP contribution in [0.2, 0.25) is 0 Å². The van der Waals surface area contributed by atoms with Crippen LogP contribution in [0.15, 0.2) is 0 Å². The van der Waals surface area contributed by atoms with E-state index in [0.717, 1.165) is 38.1 Å². The van der Waals surface area contributed by atoms with Crippen LogP contribution in [0.4, 0.5) is 0 Å². The van der Waals surface area contributed by atoms with Crippen molar-refractivity contribution in [1.29, 1.82) is 0 Å². The van der Waals surface area contributed by atoms with Crippen molar-refractivity contribution in [3.8, 4) is 0 Å². The van der Waals surface area contributed by atoms with Crippen LogP contribution in [0.5, 0.6) is 0 Å². The Morgan fingerprint density at radius 2 is 1.83 bits per heavy atom. The van der Waals surface area contributed by atoms with Gasteiger partial charge in [0.05, 0.1) is 6.10 Å². The van der Waals surface area contributed by atoms with Gasteiger partial charge in [0.25, 0.3) is 0 Å². The van der Waals surface area contributed by atoms with E-state index in [1.54, 1.807) is 0 Å². The fraction of sp³-hybridized carbons (Fsp3) is 1.00. The second-order valence-corrected chi connectivity index (χ2v) is 7.12. The third-order valence-corrected chi connectivity index (χ3v) is 5.04. The largest absolute Gasteiger partial charge is 0.393 e. The van der Waals surface area contributed by atoms with Crippen molar-refractivity contribution < 1.29 is 5.11 Å². The van der Waals surface area contributed by atoms with Gasteiger partial charge in [-0.1, -0.05) is 13.8 Å². The molecule has 1 aliphatic carbocycles. The summed E-state index contributed by atoms with van der Waals surface area (Å²) in [6.07, 6.45) is 5.53. The Morgan fingerprint density at radius 1 is 1.17 bits per heavy atom. The summed E-state index contributed by atoms with van der Waals surface area (Å²) >= 11 is 0. The first kappa shape index (κ1) is 14.3. The Bertz CT molecular complexity index is 259. The quantitative estimate of drug-likeness (QED) is 0.804. The van der Waals surface area contributed by atoms with Crippen LogP contribution >= 0.6 is 0 Å². The first-order chi connectivity index (χ1) is 8.47.